The molecule has 160 valence electrons. The van der Waals surface area contributed by atoms with Crippen LogP contribution in [0, 0.1) is 0 Å². The number of benzene rings is 3. The van der Waals surface area contributed by atoms with Gasteiger partial charge in [0.15, 0.2) is 5.01 Å². The Morgan fingerprint density at radius 3 is 2.15 bits per heavy atom. The first-order valence-electron chi connectivity index (χ1n) is 9.99. The number of thiazole rings is 2. The maximum atomic E-state index is 13.6. The van der Waals surface area contributed by atoms with Crippen LogP contribution in [0.5, 0.6) is 0 Å². The number of carbonyl (C=O) groups is 1. The van der Waals surface area contributed by atoms with E-state index in [2.05, 4.69) is 10.1 Å². The third-order valence-electron chi connectivity index (χ3n) is 5.20. The summed E-state index contributed by atoms with van der Waals surface area (Å²) < 4.78 is 3.50. The van der Waals surface area contributed by atoms with E-state index in [1.165, 1.54) is 22.7 Å². The van der Waals surface area contributed by atoms with Crippen LogP contribution in [0.25, 0.3) is 36.7 Å². The average molecular weight is 488 g/mol. The van der Waals surface area contributed by atoms with Crippen molar-refractivity contribution >= 4 is 66.3 Å². The van der Waals surface area contributed by atoms with Crippen LogP contribution in [0.15, 0.2) is 72.8 Å². The van der Waals surface area contributed by atoms with Gasteiger partial charge in [-0.05, 0) is 48.5 Å². The molecule has 3 heterocycles. The second kappa shape index (κ2) is 7.77. The molecule has 6 aromatic rings. The van der Waals surface area contributed by atoms with Crippen molar-refractivity contribution in [1.82, 2.24) is 19.7 Å². The molecular weight excluding hydrogens is 474 g/mol. The number of nitrogen functional groups attached to an aromatic ring is 1. The fourth-order valence-electron chi connectivity index (χ4n) is 3.63. The number of nitrogens with two attached hydrogens (primary N) is 1. The molecule has 0 aliphatic carbocycles. The van der Waals surface area contributed by atoms with Gasteiger partial charge in [-0.25, -0.2) is 14.6 Å². The van der Waals surface area contributed by atoms with E-state index in [4.69, 9.17) is 22.3 Å². The van der Waals surface area contributed by atoms with Crippen molar-refractivity contribution in [3.8, 4) is 16.3 Å². The number of aromatic nitrogens is 4. The Bertz CT molecular complexity index is 1600. The Kier molecular flexibility index (Phi) is 4.72. The molecule has 2 N–H and O–H groups in total. The highest BCUT2D eigenvalue weighted by Gasteiger charge is 2.28. The van der Waals surface area contributed by atoms with Crippen molar-refractivity contribution in [3.63, 3.8) is 0 Å². The maximum Gasteiger partial charge on any atom is 0.242 e. The SMILES string of the molecule is Nc1c(-c2nc3ccccc3s2)c(C(=O)c2nc3ccccc3s2)nn1-c1ccc(Cl)cc1. The molecule has 0 aliphatic heterocycles. The van der Waals surface area contributed by atoms with Gasteiger partial charge >= 0.3 is 0 Å². The number of hydrogen-bond acceptors (Lipinski definition) is 7. The normalized spacial score (nSPS) is 11.4. The molecule has 9 heteroatoms. The lowest BCUT2D eigenvalue weighted by atomic mass is 10.1. The van der Waals surface area contributed by atoms with Crippen LogP contribution < -0.4 is 5.73 Å². The molecule has 0 radical (unpaired) electrons. The molecule has 3 aromatic carbocycles. The molecule has 6 nitrogen and oxygen atoms in total. The van der Waals surface area contributed by atoms with E-state index in [1.54, 1.807) is 28.9 Å². The number of para-hydroxylation sites is 2. The van der Waals surface area contributed by atoms with Crippen molar-refractivity contribution in [2.24, 2.45) is 0 Å². The van der Waals surface area contributed by atoms with Crippen LogP contribution in [0.3, 0.4) is 0 Å². The molecule has 0 bridgehead atoms. The number of halogens is 1. The summed E-state index contributed by atoms with van der Waals surface area (Å²) >= 11 is 8.86. The van der Waals surface area contributed by atoms with Gasteiger partial charge in [0.2, 0.25) is 5.78 Å². The Labute approximate surface area is 200 Å². The zero-order valence-electron chi connectivity index (χ0n) is 16.9. The van der Waals surface area contributed by atoms with E-state index in [9.17, 15) is 4.79 Å². The molecule has 0 atom stereocenters. The number of rotatable bonds is 4. The molecule has 0 saturated carbocycles. The highest BCUT2D eigenvalue weighted by molar-refractivity contribution is 7.22. The lowest BCUT2D eigenvalue weighted by Gasteiger charge is -2.04. The minimum absolute atomic E-state index is 0.223. The smallest absolute Gasteiger partial charge is 0.242 e. The lowest BCUT2D eigenvalue weighted by Crippen LogP contribution is -2.05. The predicted octanol–water partition coefficient (Wildman–Crippen LogP) is 6.23. The van der Waals surface area contributed by atoms with E-state index in [0.29, 0.717) is 32.1 Å². The molecule has 6 rings (SSSR count). The summed E-state index contributed by atoms with van der Waals surface area (Å²) in [4.78, 5) is 22.9. The average Bonchev–Trinajstić information content (AvgIpc) is 3.53. The molecule has 0 saturated heterocycles. The molecule has 3 aromatic heterocycles. The number of anilines is 1. The van der Waals surface area contributed by atoms with Crippen molar-refractivity contribution in [1.29, 1.82) is 0 Å². The lowest BCUT2D eigenvalue weighted by molar-refractivity contribution is 0.103. The van der Waals surface area contributed by atoms with Crippen molar-refractivity contribution in [2.75, 3.05) is 5.73 Å². The Hall–Kier alpha value is -3.59. The summed E-state index contributed by atoms with van der Waals surface area (Å²) in [6.45, 7) is 0. The number of hydrogen-bond donors (Lipinski definition) is 1. The fraction of sp³-hybridized carbons (Fsp3) is 0. The summed E-state index contributed by atoms with van der Waals surface area (Å²) in [5, 5.41) is 6.23. The third kappa shape index (κ3) is 3.39. The molecule has 33 heavy (non-hydrogen) atoms. The second-order valence-electron chi connectivity index (χ2n) is 7.30. The highest BCUT2D eigenvalue weighted by atomic mass is 35.5. The summed E-state index contributed by atoms with van der Waals surface area (Å²) in [5.74, 6) is 0.0470. The summed E-state index contributed by atoms with van der Waals surface area (Å²) in [6.07, 6.45) is 0. The van der Waals surface area contributed by atoms with E-state index in [0.717, 1.165) is 20.4 Å². The summed E-state index contributed by atoms with van der Waals surface area (Å²) in [6, 6.07) is 22.6. The van der Waals surface area contributed by atoms with Crippen LogP contribution in [0.4, 0.5) is 5.82 Å². The Balaban J connectivity index is 1.57. The molecule has 0 fully saturated rings. The van der Waals surface area contributed by atoms with Crippen LogP contribution >= 0.6 is 34.3 Å². The summed E-state index contributed by atoms with van der Waals surface area (Å²) in [7, 11) is 0. The minimum atomic E-state index is -0.287. The van der Waals surface area contributed by atoms with Gasteiger partial charge in [0.05, 0.1) is 31.7 Å². The zero-order valence-corrected chi connectivity index (χ0v) is 19.3. The highest BCUT2D eigenvalue weighted by Crippen LogP contribution is 2.38. The maximum absolute atomic E-state index is 13.6. The van der Waals surface area contributed by atoms with Gasteiger partial charge < -0.3 is 5.73 Å². The first-order chi connectivity index (χ1) is 16.1. The standard InChI is InChI=1S/C24H14ClN5OS2/c25-13-9-11-14(12-10-13)30-22(26)19(23-27-15-5-1-3-7-17(15)32-23)20(29-30)21(31)24-28-16-6-2-4-8-18(16)33-24/h1-12H,26H2. The second-order valence-corrected chi connectivity index (χ2v) is 9.80. The van der Waals surface area contributed by atoms with Gasteiger partial charge in [0, 0.05) is 5.02 Å². The van der Waals surface area contributed by atoms with Crippen molar-refractivity contribution in [2.45, 2.75) is 0 Å². The molecule has 0 spiro atoms. The Morgan fingerprint density at radius 1 is 0.848 bits per heavy atom. The predicted molar refractivity (Wildman–Crippen MR) is 135 cm³/mol. The first-order valence-corrected chi connectivity index (χ1v) is 12.0. The van der Waals surface area contributed by atoms with Crippen LogP contribution in [-0.4, -0.2) is 25.5 Å². The number of carbonyl (C=O) groups excluding carboxylic acids is 1. The van der Waals surface area contributed by atoms with Crippen LogP contribution in [-0.2, 0) is 0 Å². The fourth-order valence-corrected chi connectivity index (χ4v) is 5.68. The van der Waals surface area contributed by atoms with Gasteiger partial charge in [-0.3, -0.25) is 4.79 Å². The van der Waals surface area contributed by atoms with Crippen LogP contribution in [0.1, 0.15) is 15.5 Å². The molecule has 0 aliphatic rings. The Morgan fingerprint density at radius 2 is 1.48 bits per heavy atom. The number of ketones is 1. The van der Waals surface area contributed by atoms with Gasteiger partial charge in [0.25, 0.3) is 0 Å². The minimum Gasteiger partial charge on any atom is -0.383 e. The van der Waals surface area contributed by atoms with Crippen LogP contribution in [0.2, 0.25) is 5.02 Å². The quantitative estimate of drug-likeness (QED) is 0.298. The topological polar surface area (TPSA) is 86.7 Å². The summed E-state index contributed by atoms with van der Waals surface area (Å²) in [5.41, 5.74) is 9.63. The van der Waals surface area contributed by atoms with Gasteiger partial charge in [0.1, 0.15) is 16.5 Å². The largest absolute Gasteiger partial charge is 0.383 e. The first kappa shape index (κ1) is 20.0. The monoisotopic (exact) mass is 487 g/mol. The molecule has 0 unspecified atom stereocenters. The van der Waals surface area contributed by atoms with Gasteiger partial charge in [-0.1, -0.05) is 35.9 Å². The van der Waals surface area contributed by atoms with Crippen molar-refractivity contribution < 1.29 is 4.79 Å². The van der Waals surface area contributed by atoms with Gasteiger partial charge in [-0.15, -0.1) is 22.7 Å². The number of nitrogens with zero attached hydrogens (tertiary/aromatic N) is 4. The van der Waals surface area contributed by atoms with E-state index >= 15 is 0 Å². The van der Waals surface area contributed by atoms with E-state index in [1.807, 2.05) is 48.5 Å². The van der Waals surface area contributed by atoms with E-state index in [-0.39, 0.29) is 11.5 Å². The van der Waals surface area contributed by atoms with Gasteiger partial charge in [-0.2, -0.15) is 5.10 Å². The number of fused-ring (bicyclic) bond motifs is 2. The molecule has 0 amide bonds. The molecular formula is C24H14ClN5OS2. The van der Waals surface area contributed by atoms with Crippen molar-refractivity contribution in [3.05, 3.63) is 88.5 Å². The third-order valence-corrected chi connectivity index (χ3v) is 7.54. The van der Waals surface area contributed by atoms with E-state index < -0.39 is 0 Å². The zero-order chi connectivity index (χ0) is 22.5.